The molecule has 0 aromatic carbocycles. The largest absolute Gasteiger partial charge is 0.480 e. The Morgan fingerprint density at radius 1 is 1.42 bits per heavy atom. The normalized spacial score (nSPS) is 17.9. The molecule has 0 aliphatic carbocycles. The molecule has 2 heterocycles. The van der Waals surface area contributed by atoms with Crippen molar-refractivity contribution in [3.8, 4) is 0 Å². The van der Waals surface area contributed by atoms with Crippen LogP contribution in [-0.2, 0) is 19.6 Å². The summed E-state index contributed by atoms with van der Waals surface area (Å²) >= 11 is 0. The molecule has 8 nitrogen and oxygen atoms in total. The molecule has 1 aliphatic rings. The average molecular weight is 381 g/mol. The van der Waals surface area contributed by atoms with Gasteiger partial charge in [0.1, 0.15) is 10.9 Å². The molecule has 2 N–H and O–H groups in total. The van der Waals surface area contributed by atoms with Crippen LogP contribution in [0, 0.1) is 5.92 Å². The van der Waals surface area contributed by atoms with Crippen LogP contribution in [0.5, 0.6) is 0 Å². The van der Waals surface area contributed by atoms with Gasteiger partial charge in [-0.2, -0.15) is 4.31 Å². The minimum Gasteiger partial charge on any atom is -0.480 e. The van der Waals surface area contributed by atoms with Crippen molar-refractivity contribution in [3.05, 3.63) is 36.7 Å². The summed E-state index contributed by atoms with van der Waals surface area (Å²) in [4.78, 5) is 27.5. The van der Waals surface area contributed by atoms with Gasteiger partial charge in [-0.05, 0) is 38.3 Å². The summed E-state index contributed by atoms with van der Waals surface area (Å²) in [6, 6.07) is 2.07. The summed E-state index contributed by atoms with van der Waals surface area (Å²) in [5, 5.41) is 11.7. The van der Waals surface area contributed by atoms with E-state index < -0.39 is 28.0 Å². The summed E-state index contributed by atoms with van der Waals surface area (Å²) in [7, 11) is -3.62. The second kappa shape index (κ2) is 8.91. The fourth-order valence-corrected chi connectivity index (χ4v) is 4.22. The molecule has 1 unspecified atom stereocenters. The molecule has 1 saturated heterocycles. The Bertz CT molecular complexity index is 756. The molecule has 1 aromatic heterocycles. The lowest BCUT2D eigenvalue weighted by Gasteiger charge is -2.31. The van der Waals surface area contributed by atoms with Gasteiger partial charge in [-0.25, -0.2) is 13.2 Å². The number of allylic oxidation sites excluding steroid dienone is 1. The second-order valence-corrected chi connectivity index (χ2v) is 8.01. The molecular weight excluding hydrogens is 358 g/mol. The van der Waals surface area contributed by atoms with Crippen LogP contribution in [-0.4, -0.2) is 53.8 Å². The first-order chi connectivity index (χ1) is 12.4. The molecule has 0 bridgehead atoms. The van der Waals surface area contributed by atoms with Gasteiger partial charge in [0, 0.05) is 31.4 Å². The van der Waals surface area contributed by atoms with Crippen molar-refractivity contribution in [3.63, 3.8) is 0 Å². The maximum Gasteiger partial charge on any atom is 0.326 e. The van der Waals surface area contributed by atoms with Gasteiger partial charge >= 0.3 is 5.97 Å². The molecule has 26 heavy (non-hydrogen) atoms. The van der Waals surface area contributed by atoms with E-state index in [1.54, 1.807) is 25.1 Å². The lowest BCUT2D eigenvalue weighted by molar-refractivity contribution is -0.142. The number of aliphatic carboxylic acids is 1. The highest BCUT2D eigenvalue weighted by molar-refractivity contribution is 7.89. The number of carboxylic acids is 1. The Labute approximate surface area is 153 Å². The zero-order valence-electron chi connectivity index (χ0n) is 14.5. The number of hydrogen-bond donors (Lipinski definition) is 2. The van der Waals surface area contributed by atoms with Crippen LogP contribution in [0.4, 0.5) is 0 Å². The molecule has 1 amide bonds. The van der Waals surface area contributed by atoms with Crippen molar-refractivity contribution in [1.29, 1.82) is 0 Å². The van der Waals surface area contributed by atoms with E-state index in [4.69, 9.17) is 0 Å². The van der Waals surface area contributed by atoms with E-state index in [-0.39, 0.29) is 30.3 Å². The molecule has 142 valence electrons. The van der Waals surface area contributed by atoms with Gasteiger partial charge in [-0.3, -0.25) is 9.78 Å². The van der Waals surface area contributed by atoms with Crippen molar-refractivity contribution >= 4 is 21.9 Å². The quantitative estimate of drug-likeness (QED) is 0.681. The minimum atomic E-state index is -3.62. The number of amides is 1. The first-order valence-electron chi connectivity index (χ1n) is 8.40. The van der Waals surface area contributed by atoms with Crippen LogP contribution in [0.1, 0.15) is 26.2 Å². The second-order valence-electron chi connectivity index (χ2n) is 6.07. The van der Waals surface area contributed by atoms with Crippen LogP contribution < -0.4 is 5.32 Å². The first kappa shape index (κ1) is 20.1. The fourth-order valence-electron chi connectivity index (χ4n) is 2.79. The van der Waals surface area contributed by atoms with Gasteiger partial charge in [-0.1, -0.05) is 12.2 Å². The molecule has 1 atom stereocenters. The maximum atomic E-state index is 12.5. The van der Waals surface area contributed by atoms with Crippen LogP contribution >= 0.6 is 0 Å². The van der Waals surface area contributed by atoms with Crippen LogP contribution in [0.2, 0.25) is 0 Å². The van der Waals surface area contributed by atoms with E-state index in [1.165, 1.54) is 22.8 Å². The van der Waals surface area contributed by atoms with Crippen molar-refractivity contribution < 1.29 is 23.1 Å². The van der Waals surface area contributed by atoms with E-state index in [2.05, 4.69) is 10.3 Å². The average Bonchev–Trinajstić information content (AvgIpc) is 2.65. The molecule has 1 fully saturated rings. The Hall–Kier alpha value is -2.26. The highest BCUT2D eigenvalue weighted by Gasteiger charge is 2.33. The molecule has 0 radical (unpaired) electrons. The smallest absolute Gasteiger partial charge is 0.326 e. The summed E-state index contributed by atoms with van der Waals surface area (Å²) in [6.45, 7) is 2.20. The first-order valence-corrected chi connectivity index (χ1v) is 9.84. The molecule has 1 aromatic rings. The fraction of sp³-hybridized carbons (Fsp3) is 0.471. The molecule has 9 heteroatoms. The van der Waals surface area contributed by atoms with Gasteiger partial charge in [0.05, 0.1) is 0 Å². The van der Waals surface area contributed by atoms with Crippen molar-refractivity contribution in [2.24, 2.45) is 5.92 Å². The third-order valence-corrected chi connectivity index (χ3v) is 6.20. The topological polar surface area (TPSA) is 117 Å². The number of rotatable bonds is 7. The third kappa shape index (κ3) is 4.89. The van der Waals surface area contributed by atoms with E-state index in [0.717, 1.165) is 0 Å². The van der Waals surface area contributed by atoms with Crippen molar-refractivity contribution in [1.82, 2.24) is 14.6 Å². The highest BCUT2D eigenvalue weighted by atomic mass is 32.2. The van der Waals surface area contributed by atoms with Gasteiger partial charge in [-0.15, -0.1) is 0 Å². The maximum absolute atomic E-state index is 12.5. The number of carbonyl (C=O) groups is 2. The number of nitrogens with zero attached hydrogens (tertiary/aromatic N) is 2. The number of aromatic nitrogens is 1. The molecule has 2 rings (SSSR count). The Morgan fingerprint density at radius 3 is 2.65 bits per heavy atom. The summed E-state index contributed by atoms with van der Waals surface area (Å²) in [5.41, 5.74) is 0. The number of hydrogen-bond acceptors (Lipinski definition) is 5. The monoisotopic (exact) mass is 381 g/mol. The summed E-state index contributed by atoms with van der Waals surface area (Å²) in [6.07, 6.45) is 7.12. The number of piperidine rings is 1. The van der Waals surface area contributed by atoms with E-state index in [1.807, 2.05) is 0 Å². The van der Waals surface area contributed by atoms with Crippen LogP contribution in [0.15, 0.2) is 41.6 Å². The lowest BCUT2D eigenvalue weighted by Crippen LogP contribution is -2.47. The lowest BCUT2D eigenvalue weighted by atomic mass is 9.96. The van der Waals surface area contributed by atoms with E-state index in [9.17, 15) is 23.1 Å². The number of sulfonamides is 1. The van der Waals surface area contributed by atoms with Gasteiger partial charge in [0.25, 0.3) is 0 Å². The number of carbonyl (C=O) groups excluding carboxylic acids is 1. The van der Waals surface area contributed by atoms with Gasteiger partial charge in [0.2, 0.25) is 15.9 Å². The van der Waals surface area contributed by atoms with Crippen molar-refractivity contribution in [2.45, 2.75) is 37.1 Å². The zero-order valence-corrected chi connectivity index (χ0v) is 15.4. The van der Waals surface area contributed by atoms with Crippen molar-refractivity contribution in [2.75, 3.05) is 13.1 Å². The van der Waals surface area contributed by atoms with Gasteiger partial charge < -0.3 is 10.4 Å². The molecular formula is C17H23N3O5S. The molecule has 1 aliphatic heterocycles. The standard InChI is InChI=1S/C17H23N3O5S/c1-2-3-6-15(17(22)23)19-16(21)13-7-10-20(11-8-13)26(24,25)14-5-4-9-18-12-14/h2-5,9,12-13,15H,6-8,10-11H2,1H3,(H,19,21)(H,22,23)/b3-2+. The Kier molecular flexibility index (Phi) is 6.87. The number of carboxylic acid groups (broad SMARTS) is 1. The third-order valence-electron chi connectivity index (χ3n) is 4.32. The molecule has 0 saturated carbocycles. The summed E-state index contributed by atoms with van der Waals surface area (Å²) < 4.78 is 26.4. The zero-order chi connectivity index (χ0) is 19.2. The number of pyridine rings is 1. The predicted octanol–water partition coefficient (Wildman–Crippen LogP) is 1.02. The summed E-state index contributed by atoms with van der Waals surface area (Å²) in [5.74, 6) is -1.84. The van der Waals surface area contributed by atoms with E-state index in [0.29, 0.717) is 12.8 Å². The SMILES string of the molecule is C/C=C/CC(NC(=O)C1CCN(S(=O)(=O)c2cccnc2)CC1)C(=O)O. The van der Waals surface area contributed by atoms with Gasteiger partial charge in [0.15, 0.2) is 0 Å². The number of nitrogens with one attached hydrogen (secondary N) is 1. The Balaban J connectivity index is 1.95. The van der Waals surface area contributed by atoms with Crippen LogP contribution in [0.25, 0.3) is 0 Å². The van der Waals surface area contributed by atoms with E-state index >= 15 is 0 Å². The Morgan fingerprint density at radius 2 is 2.12 bits per heavy atom. The predicted molar refractivity (Wildman–Crippen MR) is 94.7 cm³/mol. The minimum absolute atomic E-state index is 0.125. The van der Waals surface area contributed by atoms with Crippen LogP contribution in [0.3, 0.4) is 0 Å². The highest BCUT2D eigenvalue weighted by Crippen LogP contribution is 2.23. The molecule has 0 spiro atoms.